The maximum atomic E-state index is 13.7. The van der Waals surface area contributed by atoms with Crippen molar-refractivity contribution in [3.05, 3.63) is 115 Å². The molecular formula is C28H23NO3. The van der Waals surface area contributed by atoms with Gasteiger partial charge in [0.15, 0.2) is 11.5 Å². The van der Waals surface area contributed by atoms with Crippen molar-refractivity contribution < 1.29 is 14.3 Å². The molecule has 1 heterocycles. The molecular weight excluding hydrogens is 398 g/mol. The fourth-order valence-electron chi connectivity index (χ4n) is 3.86. The second-order valence-corrected chi connectivity index (χ2v) is 7.69. The number of benzene rings is 4. The van der Waals surface area contributed by atoms with Gasteiger partial charge in [0, 0.05) is 5.69 Å². The standard InChI is InChI=1S/C28H23NO3/c30-28(27-20-31-25-16-7-8-17-26(25)32-27)29(19-21-10-3-1-4-11-21)24-15-9-14-23(18-24)22-12-5-2-6-13-22/h1-18,27H,19-20H2/t27-/m1/s1. The summed E-state index contributed by atoms with van der Waals surface area (Å²) in [6.07, 6.45) is -0.714. The number of hydrogen-bond donors (Lipinski definition) is 0. The maximum Gasteiger partial charge on any atom is 0.271 e. The highest BCUT2D eigenvalue weighted by Gasteiger charge is 2.32. The average Bonchev–Trinajstić information content (AvgIpc) is 2.88. The van der Waals surface area contributed by atoms with Crippen molar-refractivity contribution in [2.75, 3.05) is 11.5 Å². The first kappa shape index (κ1) is 19.9. The van der Waals surface area contributed by atoms with Crippen LogP contribution in [0.4, 0.5) is 5.69 Å². The molecule has 0 saturated carbocycles. The zero-order valence-electron chi connectivity index (χ0n) is 17.6. The Morgan fingerprint density at radius 2 is 1.41 bits per heavy atom. The lowest BCUT2D eigenvalue weighted by Crippen LogP contribution is -2.46. The highest BCUT2D eigenvalue weighted by atomic mass is 16.6. The van der Waals surface area contributed by atoms with Crippen molar-refractivity contribution in [1.82, 2.24) is 0 Å². The lowest BCUT2D eigenvalue weighted by atomic mass is 10.0. The van der Waals surface area contributed by atoms with Gasteiger partial charge in [-0.1, -0.05) is 84.9 Å². The van der Waals surface area contributed by atoms with Crippen LogP contribution < -0.4 is 14.4 Å². The molecule has 4 aromatic carbocycles. The molecule has 1 amide bonds. The number of amides is 1. The average molecular weight is 421 g/mol. The monoisotopic (exact) mass is 421 g/mol. The minimum absolute atomic E-state index is 0.131. The van der Waals surface area contributed by atoms with E-state index in [4.69, 9.17) is 9.47 Å². The van der Waals surface area contributed by atoms with E-state index in [1.807, 2.05) is 91.0 Å². The minimum Gasteiger partial charge on any atom is -0.485 e. The highest BCUT2D eigenvalue weighted by molar-refractivity contribution is 5.97. The smallest absolute Gasteiger partial charge is 0.271 e. The molecule has 0 aromatic heterocycles. The Labute approximate surface area is 187 Å². The van der Waals surface area contributed by atoms with Gasteiger partial charge in [-0.15, -0.1) is 0 Å². The van der Waals surface area contributed by atoms with Gasteiger partial charge in [-0.3, -0.25) is 4.79 Å². The Morgan fingerprint density at radius 1 is 0.750 bits per heavy atom. The summed E-state index contributed by atoms with van der Waals surface area (Å²) in [4.78, 5) is 15.5. The summed E-state index contributed by atoms with van der Waals surface area (Å²) in [7, 11) is 0. The molecule has 0 bridgehead atoms. The summed E-state index contributed by atoms with van der Waals surface area (Å²) in [5.74, 6) is 1.13. The predicted octanol–water partition coefficient (Wildman–Crippen LogP) is 5.73. The molecule has 0 N–H and O–H groups in total. The minimum atomic E-state index is -0.714. The number of rotatable bonds is 5. The molecule has 5 rings (SSSR count). The van der Waals surface area contributed by atoms with Crippen LogP contribution in [-0.4, -0.2) is 18.6 Å². The second kappa shape index (κ2) is 8.98. The summed E-state index contributed by atoms with van der Waals surface area (Å²) < 4.78 is 11.8. The molecule has 0 spiro atoms. The van der Waals surface area contributed by atoms with E-state index < -0.39 is 6.10 Å². The molecule has 1 aliphatic rings. The first-order chi connectivity index (χ1) is 15.8. The van der Waals surface area contributed by atoms with Gasteiger partial charge < -0.3 is 14.4 Å². The Balaban J connectivity index is 1.48. The van der Waals surface area contributed by atoms with Crippen LogP contribution in [0.1, 0.15) is 5.56 Å². The van der Waals surface area contributed by atoms with E-state index in [-0.39, 0.29) is 12.5 Å². The molecule has 32 heavy (non-hydrogen) atoms. The lowest BCUT2D eigenvalue weighted by molar-refractivity contribution is -0.127. The number of ether oxygens (including phenoxy) is 2. The van der Waals surface area contributed by atoms with Crippen molar-refractivity contribution in [3.63, 3.8) is 0 Å². The topological polar surface area (TPSA) is 38.8 Å². The van der Waals surface area contributed by atoms with Gasteiger partial charge in [-0.25, -0.2) is 0 Å². The van der Waals surface area contributed by atoms with Crippen molar-refractivity contribution in [3.8, 4) is 22.6 Å². The second-order valence-electron chi connectivity index (χ2n) is 7.69. The van der Waals surface area contributed by atoms with Crippen LogP contribution in [0.3, 0.4) is 0 Å². The SMILES string of the molecule is O=C([C@H]1COc2ccccc2O1)N(Cc1ccccc1)c1cccc(-c2ccccc2)c1. The van der Waals surface area contributed by atoms with E-state index in [1.165, 1.54) is 0 Å². The van der Waals surface area contributed by atoms with Crippen LogP contribution in [0.25, 0.3) is 11.1 Å². The zero-order chi connectivity index (χ0) is 21.8. The van der Waals surface area contributed by atoms with E-state index in [2.05, 4.69) is 18.2 Å². The van der Waals surface area contributed by atoms with Crippen LogP contribution >= 0.6 is 0 Å². The summed E-state index contributed by atoms with van der Waals surface area (Å²) in [6.45, 7) is 0.624. The fraction of sp³-hybridized carbons (Fsp3) is 0.107. The maximum absolute atomic E-state index is 13.7. The first-order valence-corrected chi connectivity index (χ1v) is 10.7. The third-order valence-electron chi connectivity index (χ3n) is 5.50. The number of carbonyl (C=O) groups is 1. The molecule has 4 nitrogen and oxygen atoms in total. The normalized spacial score (nSPS) is 14.6. The van der Waals surface area contributed by atoms with Gasteiger partial charge in [0.05, 0.1) is 6.54 Å². The van der Waals surface area contributed by atoms with Gasteiger partial charge in [0.25, 0.3) is 5.91 Å². The van der Waals surface area contributed by atoms with E-state index in [0.717, 1.165) is 22.4 Å². The molecule has 4 aromatic rings. The molecule has 1 aliphatic heterocycles. The van der Waals surface area contributed by atoms with Gasteiger partial charge in [-0.2, -0.15) is 0 Å². The molecule has 4 heteroatoms. The molecule has 0 unspecified atom stereocenters. The Morgan fingerprint density at radius 3 is 2.19 bits per heavy atom. The summed E-state index contributed by atoms with van der Waals surface area (Å²) in [6, 6.07) is 35.6. The van der Waals surface area contributed by atoms with Gasteiger partial charge in [0.2, 0.25) is 6.10 Å². The molecule has 1 atom stereocenters. The Bertz CT molecular complexity index is 1210. The van der Waals surface area contributed by atoms with Crippen molar-refractivity contribution in [1.29, 1.82) is 0 Å². The van der Waals surface area contributed by atoms with Crippen molar-refractivity contribution >= 4 is 11.6 Å². The summed E-state index contributed by atoms with van der Waals surface area (Å²) >= 11 is 0. The van der Waals surface area contributed by atoms with Gasteiger partial charge >= 0.3 is 0 Å². The Kier molecular flexibility index (Phi) is 5.58. The van der Waals surface area contributed by atoms with Crippen LogP contribution in [0.5, 0.6) is 11.5 Å². The third kappa shape index (κ3) is 4.21. The van der Waals surface area contributed by atoms with Crippen molar-refractivity contribution in [2.45, 2.75) is 12.6 Å². The van der Waals surface area contributed by atoms with Crippen molar-refractivity contribution in [2.24, 2.45) is 0 Å². The van der Waals surface area contributed by atoms with Gasteiger partial charge in [-0.05, 0) is 41.0 Å². The number of anilines is 1. The zero-order valence-corrected chi connectivity index (χ0v) is 17.6. The van der Waals surface area contributed by atoms with Gasteiger partial charge in [0.1, 0.15) is 6.61 Å². The highest BCUT2D eigenvalue weighted by Crippen LogP contribution is 2.32. The molecule has 158 valence electrons. The summed E-state index contributed by atoms with van der Waals surface area (Å²) in [5, 5.41) is 0. The molecule has 0 fully saturated rings. The predicted molar refractivity (Wildman–Crippen MR) is 126 cm³/mol. The summed E-state index contributed by atoms with van der Waals surface area (Å²) in [5.41, 5.74) is 4.03. The van der Waals surface area contributed by atoms with Crippen LogP contribution in [0, 0.1) is 0 Å². The van der Waals surface area contributed by atoms with E-state index in [0.29, 0.717) is 18.0 Å². The Hall–Kier alpha value is -4.05. The number of carbonyl (C=O) groups excluding carboxylic acids is 1. The molecule has 0 radical (unpaired) electrons. The lowest BCUT2D eigenvalue weighted by Gasteiger charge is -2.31. The number of fused-ring (bicyclic) bond motifs is 1. The first-order valence-electron chi connectivity index (χ1n) is 10.7. The largest absolute Gasteiger partial charge is 0.485 e. The molecule has 0 saturated heterocycles. The van der Waals surface area contributed by atoms with Crippen LogP contribution in [0.2, 0.25) is 0 Å². The molecule has 0 aliphatic carbocycles. The number of nitrogens with zero attached hydrogens (tertiary/aromatic N) is 1. The van der Waals surface area contributed by atoms with E-state index >= 15 is 0 Å². The third-order valence-corrected chi connectivity index (χ3v) is 5.50. The quantitative estimate of drug-likeness (QED) is 0.413. The fourth-order valence-corrected chi connectivity index (χ4v) is 3.86. The van der Waals surface area contributed by atoms with E-state index in [9.17, 15) is 4.79 Å². The number of hydrogen-bond acceptors (Lipinski definition) is 3. The van der Waals surface area contributed by atoms with Crippen LogP contribution in [-0.2, 0) is 11.3 Å². The number of para-hydroxylation sites is 2. The van der Waals surface area contributed by atoms with Crippen LogP contribution in [0.15, 0.2) is 109 Å². The van der Waals surface area contributed by atoms with E-state index in [1.54, 1.807) is 4.90 Å².